The average Bonchev–Trinajstić information content (AvgIpc) is 3.17. The number of rotatable bonds is 4. The van der Waals surface area contributed by atoms with E-state index in [2.05, 4.69) is 4.74 Å². The number of alkyl halides is 2. The van der Waals surface area contributed by atoms with Gasteiger partial charge in [0.15, 0.2) is 17.4 Å². The van der Waals surface area contributed by atoms with Crippen molar-refractivity contribution in [1.82, 2.24) is 0 Å². The van der Waals surface area contributed by atoms with E-state index in [9.17, 15) is 17.6 Å². The van der Waals surface area contributed by atoms with Gasteiger partial charge >= 0.3 is 6.11 Å². The van der Waals surface area contributed by atoms with Crippen LogP contribution in [0.1, 0.15) is 56.9 Å². The molecule has 1 spiro atoms. The molecule has 162 valence electrons. The van der Waals surface area contributed by atoms with Crippen LogP contribution in [0.15, 0.2) is 12.1 Å². The standard InChI is InChI=1S/C22H28F4O3/c1-14-2-7-18(20(24)19(14)23)29-22(25,26)17-5-3-15(4-6-17)16-8-10-21(11-9-16)27-12-13-28-21/h2,7,15-17H,3-6,8-13H2,1H3. The third-order valence-electron chi connectivity index (χ3n) is 7.01. The van der Waals surface area contributed by atoms with Crippen molar-refractivity contribution in [2.75, 3.05) is 13.2 Å². The highest BCUT2D eigenvalue weighted by molar-refractivity contribution is 5.30. The molecule has 2 aliphatic carbocycles. The van der Waals surface area contributed by atoms with Crippen LogP contribution in [-0.4, -0.2) is 25.1 Å². The summed E-state index contributed by atoms with van der Waals surface area (Å²) in [5, 5.41) is 0. The summed E-state index contributed by atoms with van der Waals surface area (Å²) < 4.78 is 73.1. The minimum atomic E-state index is -3.52. The molecule has 7 heteroatoms. The van der Waals surface area contributed by atoms with Gasteiger partial charge in [-0.3, -0.25) is 0 Å². The van der Waals surface area contributed by atoms with Crippen LogP contribution in [0.25, 0.3) is 0 Å². The van der Waals surface area contributed by atoms with Crippen LogP contribution in [0.2, 0.25) is 0 Å². The molecule has 2 saturated carbocycles. The van der Waals surface area contributed by atoms with Crippen molar-refractivity contribution >= 4 is 0 Å². The van der Waals surface area contributed by atoms with Gasteiger partial charge in [0.1, 0.15) is 0 Å². The maximum atomic E-state index is 14.6. The molecule has 1 saturated heterocycles. The molecule has 0 radical (unpaired) electrons. The summed E-state index contributed by atoms with van der Waals surface area (Å²) >= 11 is 0. The molecule has 3 nitrogen and oxygen atoms in total. The first-order chi connectivity index (χ1) is 13.8. The Hall–Kier alpha value is -1.34. The fourth-order valence-electron chi connectivity index (χ4n) is 5.20. The first-order valence-corrected chi connectivity index (χ1v) is 10.6. The lowest BCUT2D eigenvalue weighted by atomic mass is 9.70. The molecule has 1 aliphatic heterocycles. The molecule has 0 unspecified atom stereocenters. The number of ether oxygens (including phenoxy) is 3. The van der Waals surface area contributed by atoms with Crippen LogP contribution in [0, 0.1) is 36.3 Å². The van der Waals surface area contributed by atoms with Crippen LogP contribution in [0.5, 0.6) is 5.75 Å². The van der Waals surface area contributed by atoms with E-state index in [-0.39, 0.29) is 5.56 Å². The lowest BCUT2D eigenvalue weighted by Crippen LogP contribution is -2.40. The highest BCUT2D eigenvalue weighted by atomic mass is 19.3. The Kier molecular flexibility index (Phi) is 5.81. The Morgan fingerprint density at radius 1 is 0.897 bits per heavy atom. The number of hydrogen-bond acceptors (Lipinski definition) is 3. The summed E-state index contributed by atoms with van der Waals surface area (Å²) in [6.45, 7) is 2.67. The fraction of sp³-hybridized carbons (Fsp3) is 0.727. The SMILES string of the molecule is Cc1ccc(OC(F)(F)C2CCC(C3CCC4(CC3)OCCO4)CC2)c(F)c1F. The summed E-state index contributed by atoms with van der Waals surface area (Å²) in [6, 6.07) is 2.31. The van der Waals surface area contributed by atoms with Gasteiger partial charge in [0.25, 0.3) is 0 Å². The largest absolute Gasteiger partial charge is 0.429 e. The van der Waals surface area contributed by atoms with E-state index in [4.69, 9.17) is 9.47 Å². The third-order valence-corrected chi connectivity index (χ3v) is 7.01. The summed E-state index contributed by atoms with van der Waals surface area (Å²) in [4.78, 5) is 0. The van der Waals surface area contributed by atoms with E-state index < -0.39 is 35.2 Å². The second kappa shape index (κ2) is 8.06. The Bertz CT molecular complexity index is 715. The molecule has 1 heterocycles. The molecule has 0 amide bonds. The Balaban J connectivity index is 1.31. The van der Waals surface area contributed by atoms with Crippen molar-refractivity contribution in [3.8, 4) is 5.75 Å². The molecule has 29 heavy (non-hydrogen) atoms. The molecule has 0 N–H and O–H groups in total. The topological polar surface area (TPSA) is 27.7 Å². The molecule has 0 aromatic heterocycles. The second-order valence-corrected chi connectivity index (χ2v) is 8.73. The minimum absolute atomic E-state index is 0.0568. The first-order valence-electron chi connectivity index (χ1n) is 10.6. The van der Waals surface area contributed by atoms with Gasteiger partial charge in [-0.25, -0.2) is 4.39 Å². The Morgan fingerprint density at radius 3 is 2.10 bits per heavy atom. The van der Waals surface area contributed by atoms with Crippen LogP contribution in [-0.2, 0) is 9.47 Å². The van der Waals surface area contributed by atoms with Gasteiger partial charge in [0.05, 0.1) is 19.1 Å². The molecule has 3 fully saturated rings. The smallest absolute Gasteiger partial charge is 0.400 e. The molecule has 0 atom stereocenters. The third kappa shape index (κ3) is 4.26. The highest BCUT2D eigenvalue weighted by Gasteiger charge is 2.47. The van der Waals surface area contributed by atoms with Crippen LogP contribution in [0.3, 0.4) is 0 Å². The molecule has 1 aromatic carbocycles. The molecular weight excluding hydrogens is 388 g/mol. The molecule has 3 aliphatic rings. The predicted octanol–water partition coefficient (Wildman–Crippen LogP) is 5.98. The summed E-state index contributed by atoms with van der Waals surface area (Å²) in [6.07, 6.45) is 2.26. The number of aryl methyl sites for hydroxylation is 1. The summed E-state index contributed by atoms with van der Waals surface area (Å²) in [5.74, 6) is -3.70. The normalized spacial score (nSPS) is 28.0. The summed E-state index contributed by atoms with van der Waals surface area (Å²) in [5.41, 5.74) is 0.0568. The first kappa shape index (κ1) is 20.9. The zero-order chi connectivity index (χ0) is 20.6. The predicted molar refractivity (Wildman–Crippen MR) is 98.7 cm³/mol. The Labute approximate surface area is 168 Å². The maximum Gasteiger partial charge on any atom is 0.400 e. The van der Waals surface area contributed by atoms with Gasteiger partial charge in [-0.1, -0.05) is 6.07 Å². The van der Waals surface area contributed by atoms with Crippen LogP contribution in [0.4, 0.5) is 17.6 Å². The van der Waals surface area contributed by atoms with Crippen molar-refractivity contribution < 1.29 is 31.8 Å². The minimum Gasteiger partial charge on any atom is -0.429 e. The summed E-state index contributed by atoms with van der Waals surface area (Å²) in [7, 11) is 0. The molecular formula is C22H28F4O3. The van der Waals surface area contributed by atoms with Crippen molar-refractivity contribution in [1.29, 1.82) is 0 Å². The van der Waals surface area contributed by atoms with Gasteiger partial charge in [-0.15, -0.1) is 0 Å². The van der Waals surface area contributed by atoms with E-state index in [1.54, 1.807) is 0 Å². The zero-order valence-corrected chi connectivity index (χ0v) is 16.7. The average molecular weight is 416 g/mol. The molecule has 1 aromatic rings. The van der Waals surface area contributed by atoms with Crippen LogP contribution >= 0.6 is 0 Å². The van der Waals surface area contributed by atoms with Gasteiger partial charge in [0, 0.05) is 12.8 Å². The number of hydrogen-bond donors (Lipinski definition) is 0. The lowest BCUT2D eigenvalue weighted by molar-refractivity contribution is -0.226. The van der Waals surface area contributed by atoms with Crippen molar-refractivity contribution in [3.05, 3.63) is 29.3 Å². The van der Waals surface area contributed by atoms with Crippen molar-refractivity contribution in [3.63, 3.8) is 0 Å². The molecule has 4 rings (SSSR count). The monoisotopic (exact) mass is 416 g/mol. The van der Waals surface area contributed by atoms with Gasteiger partial charge in [-0.2, -0.15) is 13.2 Å². The maximum absolute atomic E-state index is 14.6. The van der Waals surface area contributed by atoms with E-state index in [1.807, 2.05) is 0 Å². The highest BCUT2D eigenvalue weighted by Crippen LogP contribution is 2.47. The van der Waals surface area contributed by atoms with E-state index in [0.717, 1.165) is 31.7 Å². The number of halogens is 4. The van der Waals surface area contributed by atoms with Crippen molar-refractivity contribution in [2.45, 2.75) is 70.2 Å². The van der Waals surface area contributed by atoms with Gasteiger partial charge < -0.3 is 14.2 Å². The number of benzene rings is 1. The van der Waals surface area contributed by atoms with E-state index in [1.165, 1.54) is 13.0 Å². The second-order valence-electron chi connectivity index (χ2n) is 8.73. The van der Waals surface area contributed by atoms with E-state index >= 15 is 0 Å². The lowest BCUT2D eigenvalue weighted by Gasteiger charge is -2.41. The molecule has 0 bridgehead atoms. The Morgan fingerprint density at radius 2 is 1.48 bits per heavy atom. The van der Waals surface area contributed by atoms with Gasteiger partial charge in [-0.05, 0) is 68.9 Å². The fourth-order valence-corrected chi connectivity index (χ4v) is 5.20. The zero-order valence-electron chi connectivity index (χ0n) is 16.7. The van der Waals surface area contributed by atoms with E-state index in [0.29, 0.717) is 50.7 Å². The van der Waals surface area contributed by atoms with Gasteiger partial charge in [0.2, 0.25) is 5.82 Å². The van der Waals surface area contributed by atoms with Crippen molar-refractivity contribution in [2.24, 2.45) is 17.8 Å². The quantitative estimate of drug-likeness (QED) is 0.565. The van der Waals surface area contributed by atoms with Crippen LogP contribution < -0.4 is 4.74 Å².